The molecular weight excluding hydrogens is 438 g/mol. The van der Waals surface area contributed by atoms with Gasteiger partial charge in [-0.25, -0.2) is 0 Å². The molecule has 1 saturated heterocycles. The molecular formula is C22H24BrNO5. The normalized spacial score (nSPS) is 19.7. The third-order valence-corrected chi connectivity index (χ3v) is 5.93. The Morgan fingerprint density at radius 2 is 2.07 bits per heavy atom. The van der Waals surface area contributed by atoms with Gasteiger partial charge in [-0.3, -0.25) is 9.69 Å². The predicted octanol–water partition coefficient (Wildman–Crippen LogP) is 4.61. The number of benzene rings is 2. The molecule has 0 aliphatic carbocycles. The number of piperidine rings is 1. The number of ether oxygens (including phenoxy) is 3. The van der Waals surface area contributed by atoms with Crippen LogP contribution in [0.25, 0.3) is 0 Å². The minimum Gasteiger partial charge on any atom is -0.494 e. The third kappa shape index (κ3) is 4.07. The van der Waals surface area contributed by atoms with Gasteiger partial charge in [0.15, 0.2) is 11.5 Å². The van der Waals surface area contributed by atoms with E-state index in [0.29, 0.717) is 31.1 Å². The quantitative estimate of drug-likeness (QED) is 0.677. The molecule has 0 amide bonds. The molecule has 1 fully saturated rings. The van der Waals surface area contributed by atoms with Crippen molar-refractivity contribution < 1.29 is 24.1 Å². The molecule has 2 unspecified atom stereocenters. The number of hydrogen-bond donors (Lipinski definition) is 1. The molecule has 2 heterocycles. The summed E-state index contributed by atoms with van der Waals surface area (Å²) in [5.41, 5.74) is 1.90. The van der Waals surface area contributed by atoms with Crippen molar-refractivity contribution in [3.05, 3.63) is 52.0 Å². The van der Waals surface area contributed by atoms with Gasteiger partial charge in [0.1, 0.15) is 11.8 Å². The number of carboxylic acid groups (broad SMARTS) is 1. The number of hydrogen-bond acceptors (Lipinski definition) is 5. The van der Waals surface area contributed by atoms with Crippen LogP contribution in [-0.4, -0.2) is 42.0 Å². The second-order valence-electron chi connectivity index (χ2n) is 7.22. The summed E-state index contributed by atoms with van der Waals surface area (Å²) in [4.78, 5) is 14.1. The molecule has 2 aliphatic rings. The van der Waals surface area contributed by atoms with Crippen LogP contribution < -0.4 is 14.2 Å². The SMILES string of the molecule is CCOc1ccc(Br)cc1C(c1ccc2c(c1)OCO2)N1CCCCC1C(=O)O. The molecule has 0 saturated carbocycles. The Hall–Kier alpha value is -2.25. The number of nitrogens with zero attached hydrogens (tertiary/aromatic N) is 1. The summed E-state index contributed by atoms with van der Waals surface area (Å²) in [6.45, 7) is 3.38. The van der Waals surface area contributed by atoms with Gasteiger partial charge in [-0.2, -0.15) is 0 Å². The van der Waals surface area contributed by atoms with E-state index < -0.39 is 12.0 Å². The van der Waals surface area contributed by atoms with Crippen LogP contribution in [0.4, 0.5) is 0 Å². The summed E-state index contributed by atoms with van der Waals surface area (Å²) in [6, 6.07) is 10.9. The van der Waals surface area contributed by atoms with E-state index in [1.807, 2.05) is 43.3 Å². The summed E-state index contributed by atoms with van der Waals surface area (Å²) in [7, 11) is 0. The lowest BCUT2D eigenvalue weighted by Gasteiger charge is -2.40. The zero-order valence-electron chi connectivity index (χ0n) is 16.3. The van der Waals surface area contributed by atoms with E-state index in [-0.39, 0.29) is 12.8 Å². The van der Waals surface area contributed by atoms with Crippen molar-refractivity contribution in [3.8, 4) is 17.2 Å². The Morgan fingerprint density at radius 3 is 2.86 bits per heavy atom. The molecule has 154 valence electrons. The standard InChI is InChI=1S/C22H24BrNO5/c1-2-27-18-9-7-15(23)12-16(18)21(24-10-4-3-5-17(24)22(25)26)14-6-8-19-20(11-14)29-13-28-19/h6-9,11-12,17,21H,2-5,10,13H2,1H3,(H,25,26). The van der Waals surface area contributed by atoms with Gasteiger partial charge >= 0.3 is 5.97 Å². The highest BCUT2D eigenvalue weighted by atomic mass is 79.9. The second-order valence-corrected chi connectivity index (χ2v) is 8.13. The number of fused-ring (bicyclic) bond motifs is 1. The maximum atomic E-state index is 12.1. The minimum atomic E-state index is -0.789. The number of aliphatic carboxylic acids is 1. The monoisotopic (exact) mass is 461 g/mol. The first-order valence-electron chi connectivity index (χ1n) is 9.89. The number of halogens is 1. The molecule has 2 aromatic carbocycles. The molecule has 0 aromatic heterocycles. The lowest BCUT2D eigenvalue weighted by molar-refractivity contribution is -0.145. The topological polar surface area (TPSA) is 68.2 Å². The van der Waals surface area contributed by atoms with Crippen molar-refractivity contribution in [1.82, 2.24) is 4.90 Å². The Labute approximate surface area is 178 Å². The van der Waals surface area contributed by atoms with E-state index in [1.54, 1.807) is 0 Å². The lowest BCUT2D eigenvalue weighted by atomic mass is 9.91. The predicted molar refractivity (Wildman–Crippen MR) is 112 cm³/mol. The molecule has 29 heavy (non-hydrogen) atoms. The fourth-order valence-corrected chi connectivity index (χ4v) is 4.56. The summed E-state index contributed by atoms with van der Waals surface area (Å²) in [5, 5.41) is 9.91. The van der Waals surface area contributed by atoms with Crippen LogP contribution in [0.1, 0.15) is 43.4 Å². The molecule has 2 aliphatic heterocycles. The highest BCUT2D eigenvalue weighted by molar-refractivity contribution is 9.10. The molecule has 0 bridgehead atoms. The summed E-state index contributed by atoms with van der Waals surface area (Å²) >= 11 is 3.57. The van der Waals surface area contributed by atoms with Crippen LogP contribution in [0, 0.1) is 0 Å². The van der Waals surface area contributed by atoms with Crippen molar-refractivity contribution >= 4 is 21.9 Å². The van der Waals surface area contributed by atoms with E-state index in [1.165, 1.54) is 0 Å². The van der Waals surface area contributed by atoms with Crippen molar-refractivity contribution in [2.24, 2.45) is 0 Å². The van der Waals surface area contributed by atoms with Gasteiger partial charge in [0.25, 0.3) is 0 Å². The van der Waals surface area contributed by atoms with Crippen LogP contribution in [0.3, 0.4) is 0 Å². The van der Waals surface area contributed by atoms with Crippen LogP contribution in [0.15, 0.2) is 40.9 Å². The van der Waals surface area contributed by atoms with Crippen LogP contribution >= 0.6 is 15.9 Å². The zero-order valence-corrected chi connectivity index (χ0v) is 17.9. The van der Waals surface area contributed by atoms with Gasteiger partial charge in [0, 0.05) is 10.0 Å². The molecule has 4 rings (SSSR count). The second kappa shape index (κ2) is 8.63. The van der Waals surface area contributed by atoms with E-state index in [2.05, 4.69) is 20.8 Å². The molecule has 7 heteroatoms. The smallest absolute Gasteiger partial charge is 0.320 e. The first kappa shape index (κ1) is 20.0. The Morgan fingerprint density at radius 1 is 1.24 bits per heavy atom. The zero-order chi connectivity index (χ0) is 20.4. The third-order valence-electron chi connectivity index (χ3n) is 5.44. The fourth-order valence-electron chi connectivity index (χ4n) is 4.18. The Bertz CT molecular complexity index is 903. The first-order valence-corrected chi connectivity index (χ1v) is 10.7. The van der Waals surface area contributed by atoms with Crippen LogP contribution in [-0.2, 0) is 4.79 Å². The highest BCUT2D eigenvalue weighted by Crippen LogP contribution is 2.43. The highest BCUT2D eigenvalue weighted by Gasteiger charge is 2.37. The molecule has 2 aromatic rings. The average molecular weight is 462 g/mol. The maximum absolute atomic E-state index is 12.1. The van der Waals surface area contributed by atoms with Gasteiger partial charge in [-0.15, -0.1) is 0 Å². The Balaban J connectivity index is 1.86. The van der Waals surface area contributed by atoms with E-state index in [4.69, 9.17) is 14.2 Å². The van der Waals surface area contributed by atoms with Gasteiger partial charge < -0.3 is 19.3 Å². The van der Waals surface area contributed by atoms with Gasteiger partial charge in [0.05, 0.1) is 12.6 Å². The largest absolute Gasteiger partial charge is 0.494 e. The number of carboxylic acids is 1. The van der Waals surface area contributed by atoms with Crippen LogP contribution in [0.5, 0.6) is 17.2 Å². The number of carbonyl (C=O) groups is 1. The molecule has 2 atom stereocenters. The van der Waals surface area contributed by atoms with Crippen LogP contribution in [0.2, 0.25) is 0 Å². The average Bonchev–Trinajstić information content (AvgIpc) is 3.18. The Kier molecular flexibility index (Phi) is 5.96. The summed E-state index contributed by atoms with van der Waals surface area (Å²) < 4.78 is 17.9. The van der Waals surface area contributed by atoms with Gasteiger partial charge in [-0.05, 0) is 62.2 Å². The number of rotatable bonds is 6. The van der Waals surface area contributed by atoms with Crippen molar-refractivity contribution in [1.29, 1.82) is 0 Å². The maximum Gasteiger partial charge on any atom is 0.320 e. The van der Waals surface area contributed by atoms with E-state index in [9.17, 15) is 9.90 Å². The first-order chi connectivity index (χ1) is 14.1. The number of likely N-dealkylation sites (tertiary alicyclic amines) is 1. The minimum absolute atomic E-state index is 0.200. The van der Waals surface area contributed by atoms with E-state index >= 15 is 0 Å². The van der Waals surface area contributed by atoms with Crippen molar-refractivity contribution in [2.45, 2.75) is 38.3 Å². The van der Waals surface area contributed by atoms with Crippen molar-refractivity contribution in [2.75, 3.05) is 19.9 Å². The molecule has 6 nitrogen and oxygen atoms in total. The van der Waals surface area contributed by atoms with Gasteiger partial charge in [0.2, 0.25) is 6.79 Å². The van der Waals surface area contributed by atoms with Gasteiger partial charge in [-0.1, -0.05) is 28.4 Å². The fraction of sp³-hybridized carbons (Fsp3) is 0.409. The summed E-state index contributed by atoms with van der Waals surface area (Å²) in [5.74, 6) is 1.36. The van der Waals surface area contributed by atoms with E-state index in [0.717, 1.165) is 34.2 Å². The molecule has 1 N–H and O–H groups in total. The lowest BCUT2D eigenvalue weighted by Crippen LogP contribution is -2.46. The molecule has 0 spiro atoms. The summed E-state index contributed by atoms with van der Waals surface area (Å²) in [6.07, 6.45) is 2.51. The molecule has 0 radical (unpaired) electrons. The van der Waals surface area contributed by atoms with Crippen molar-refractivity contribution in [3.63, 3.8) is 0 Å².